The molecule has 2 unspecified atom stereocenters. The smallest absolute Gasteiger partial charge is 0.234 e. The first-order valence-electron chi connectivity index (χ1n) is 6.39. The maximum atomic E-state index is 5.89. The Morgan fingerprint density at radius 3 is 2.68 bits per heavy atom. The van der Waals surface area contributed by atoms with Gasteiger partial charge in [0.15, 0.2) is 5.82 Å². The normalized spacial score (nSPS) is 14.3. The summed E-state index contributed by atoms with van der Waals surface area (Å²) in [4.78, 5) is 4.39. The van der Waals surface area contributed by atoms with E-state index >= 15 is 0 Å². The summed E-state index contributed by atoms with van der Waals surface area (Å²) in [5, 5.41) is 3.94. The van der Waals surface area contributed by atoms with Crippen LogP contribution in [0.5, 0.6) is 0 Å². The van der Waals surface area contributed by atoms with E-state index in [0.717, 1.165) is 6.42 Å². The Bertz CT molecular complexity index is 498. The zero-order valence-electron chi connectivity index (χ0n) is 11.2. The minimum absolute atomic E-state index is 0.109. The number of nitrogens with two attached hydrogens (primary N) is 1. The van der Waals surface area contributed by atoms with Crippen molar-refractivity contribution in [2.24, 2.45) is 5.73 Å². The molecular weight excluding hydrogens is 242 g/mol. The second-order valence-corrected chi connectivity index (χ2v) is 4.42. The summed E-state index contributed by atoms with van der Waals surface area (Å²) in [7, 11) is 1.60. The van der Waals surface area contributed by atoms with E-state index in [1.165, 1.54) is 5.56 Å². The van der Waals surface area contributed by atoms with Crippen LogP contribution in [0.4, 0.5) is 0 Å². The van der Waals surface area contributed by atoms with E-state index < -0.39 is 0 Å². The van der Waals surface area contributed by atoms with Crippen LogP contribution in [-0.4, -0.2) is 23.9 Å². The molecule has 102 valence electrons. The maximum absolute atomic E-state index is 5.89. The van der Waals surface area contributed by atoms with Crippen LogP contribution in [0.1, 0.15) is 42.6 Å². The number of hydrogen-bond acceptors (Lipinski definition) is 5. The third-order valence-corrected chi connectivity index (χ3v) is 3.04. The number of nitrogens with zero attached hydrogens (tertiary/aromatic N) is 2. The van der Waals surface area contributed by atoms with Gasteiger partial charge < -0.3 is 15.0 Å². The molecule has 2 N–H and O–H groups in total. The molecule has 5 heteroatoms. The van der Waals surface area contributed by atoms with Crippen molar-refractivity contribution in [3.8, 4) is 0 Å². The predicted octanol–water partition coefficient (Wildman–Crippen LogP) is 2.26. The SMILES string of the molecule is CCC(c1ccccc1)c1nc(C(N)COC)no1. The van der Waals surface area contributed by atoms with E-state index in [-0.39, 0.29) is 12.0 Å². The van der Waals surface area contributed by atoms with Crippen LogP contribution in [0.3, 0.4) is 0 Å². The van der Waals surface area contributed by atoms with E-state index in [4.69, 9.17) is 15.0 Å². The standard InChI is InChI=1S/C14H19N3O2/c1-3-11(10-7-5-4-6-8-10)14-16-13(17-19-14)12(15)9-18-2/h4-8,11-12H,3,9,15H2,1-2H3. The average Bonchev–Trinajstić information content (AvgIpc) is 2.91. The first-order valence-corrected chi connectivity index (χ1v) is 6.39. The summed E-state index contributed by atoms with van der Waals surface area (Å²) in [6, 6.07) is 9.78. The second kappa shape index (κ2) is 6.45. The molecule has 2 atom stereocenters. The second-order valence-electron chi connectivity index (χ2n) is 4.42. The highest BCUT2D eigenvalue weighted by molar-refractivity contribution is 5.24. The predicted molar refractivity (Wildman–Crippen MR) is 71.7 cm³/mol. The van der Waals surface area contributed by atoms with Gasteiger partial charge in [-0.25, -0.2) is 0 Å². The molecule has 0 radical (unpaired) electrons. The zero-order chi connectivity index (χ0) is 13.7. The van der Waals surface area contributed by atoms with Crippen molar-refractivity contribution in [2.75, 3.05) is 13.7 Å². The summed E-state index contributed by atoms with van der Waals surface area (Å²) in [6.07, 6.45) is 0.894. The van der Waals surface area contributed by atoms with E-state index in [2.05, 4.69) is 29.2 Å². The van der Waals surface area contributed by atoms with Gasteiger partial charge in [-0.15, -0.1) is 0 Å². The highest BCUT2D eigenvalue weighted by atomic mass is 16.5. The van der Waals surface area contributed by atoms with Gasteiger partial charge in [-0.2, -0.15) is 4.98 Å². The lowest BCUT2D eigenvalue weighted by Gasteiger charge is -2.10. The third-order valence-electron chi connectivity index (χ3n) is 3.04. The molecule has 2 rings (SSSR count). The Morgan fingerprint density at radius 2 is 2.05 bits per heavy atom. The Labute approximate surface area is 112 Å². The third kappa shape index (κ3) is 3.19. The molecule has 0 bridgehead atoms. The molecule has 1 heterocycles. The lowest BCUT2D eigenvalue weighted by Crippen LogP contribution is -2.17. The topological polar surface area (TPSA) is 74.2 Å². The Balaban J connectivity index is 2.21. The van der Waals surface area contributed by atoms with E-state index in [1.54, 1.807) is 7.11 Å². The quantitative estimate of drug-likeness (QED) is 0.863. The molecule has 0 amide bonds. The molecule has 0 saturated heterocycles. The Kier molecular flexibility index (Phi) is 4.65. The van der Waals surface area contributed by atoms with Crippen LogP contribution >= 0.6 is 0 Å². The Hall–Kier alpha value is -1.72. The highest BCUT2D eigenvalue weighted by Gasteiger charge is 2.21. The van der Waals surface area contributed by atoms with Gasteiger partial charge in [0.1, 0.15) is 0 Å². The molecule has 1 aromatic carbocycles. The molecule has 0 saturated carbocycles. The maximum Gasteiger partial charge on any atom is 0.234 e. The van der Waals surface area contributed by atoms with Crippen LogP contribution in [0.25, 0.3) is 0 Å². The Morgan fingerprint density at radius 1 is 1.32 bits per heavy atom. The molecule has 1 aromatic heterocycles. The van der Waals surface area contributed by atoms with Crippen LogP contribution in [-0.2, 0) is 4.74 Å². The van der Waals surface area contributed by atoms with Crippen molar-refractivity contribution in [3.63, 3.8) is 0 Å². The van der Waals surface area contributed by atoms with Gasteiger partial charge in [0.2, 0.25) is 5.89 Å². The van der Waals surface area contributed by atoms with Gasteiger partial charge in [-0.1, -0.05) is 42.4 Å². The summed E-state index contributed by atoms with van der Waals surface area (Å²) in [6.45, 7) is 2.47. The van der Waals surface area contributed by atoms with Gasteiger partial charge in [0.05, 0.1) is 18.6 Å². The molecule has 0 fully saturated rings. The number of aromatic nitrogens is 2. The van der Waals surface area contributed by atoms with Crippen molar-refractivity contribution in [1.29, 1.82) is 0 Å². The van der Waals surface area contributed by atoms with E-state index in [9.17, 15) is 0 Å². The number of ether oxygens (including phenoxy) is 1. The highest BCUT2D eigenvalue weighted by Crippen LogP contribution is 2.26. The molecule has 2 aromatic rings. The molecule has 0 spiro atoms. The van der Waals surface area contributed by atoms with Crippen molar-refractivity contribution in [2.45, 2.75) is 25.3 Å². The fourth-order valence-corrected chi connectivity index (χ4v) is 2.03. The number of benzene rings is 1. The molecule has 0 aliphatic carbocycles. The lowest BCUT2D eigenvalue weighted by atomic mass is 9.96. The fraction of sp³-hybridized carbons (Fsp3) is 0.429. The van der Waals surface area contributed by atoms with E-state index in [1.807, 2.05) is 18.2 Å². The molecular formula is C14H19N3O2. The summed E-state index contributed by atoms with van der Waals surface area (Å²) in [5.41, 5.74) is 7.06. The monoisotopic (exact) mass is 261 g/mol. The van der Waals surface area contributed by atoms with Crippen molar-refractivity contribution in [1.82, 2.24) is 10.1 Å². The number of rotatable bonds is 6. The van der Waals surface area contributed by atoms with Crippen molar-refractivity contribution in [3.05, 3.63) is 47.6 Å². The van der Waals surface area contributed by atoms with Gasteiger partial charge in [0, 0.05) is 7.11 Å². The average molecular weight is 261 g/mol. The minimum Gasteiger partial charge on any atom is -0.383 e. The van der Waals surface area contributed by atoms with Crippen LogP contribution in [0, 0.1) is 0 Å². The number of hydrogen-bond donors (Lipinski definition) is 1. The molecule has 0 aliphatic rings. The molecule has 5 nitrogen and oxygen atoms in total. The van der Waals surface area contributed by atoms with Gasteiger partial charge >= 0.3 is 0 Å². The van der Waals surface area contributed by atoms with Gasteiger partial charge in [-0.3, -0.25) is 0 Å². The molecule has 0 aliphatic heterocycles. The summed E-state index contributed by atoms with van der Waals surface area (Å²) in [5.74, 6) is 1.21. The van der Waals surface area contributed by atoms with Crippen molar-refractivity contribution < 1.29 is 9.26 Å². The van der Waals surface area contributed by atoms with Gasteiger partial charge in [0.25, 0.3) is 0 Å². The van der Waals surface area contributed by atoms with Crippen LogP contribution < -0.4 is 5.73 Å². The minimum atomic E-state index is -0.351. The van der Waals surface area contributed by atoms with E-state index in [0.29, 0.717) is 18.3 Å². The molecule has 19 heavy (non-hydrogen) atoms. The largest absolute Gasteiger partial charge is 0.383 e. The first-order chi connectivity index (χ1) is 9.26. The fourth-order valence-electron chi connectivity index (χ4n) is 2.03. The van der Waals surface area contributed by atoms with Crippen LogP contribution in [0.15, 0.2) is 34.9 Å². The van der Waals surface area contributed by atoms with Gasteiger partial charge in [-0.05, 0) is 12.0 Å². The first kappa shape index (κ1) is 13.7. The summed E-state index contributed by atoms with van der Waals surface area (Å²) >= 11 is 0. The van der Waals surface area contributed by atoms with Crippen LogP contribution in [0.2, 0.25) is 0 Å². The zero-order valence-corrected chi connectivity index (χ0v) is 11.2. The lowest BCUT2D eigenvalue weighted by molar-refractivity contribution is 0.177. The number of methoxy groups -OCH3 is 1. The van der Waals surface area contributed by atoms with Crippen molar-refractivity contribution >= 4 is 0 Å². The summed E-state index contributed by atoms with van der Waals surface area (Å²) < 4.78 is 10.3.